The van der Waals surface area contributed by atoms with Crippen LogP contribution in [0.3, 0.4) is 0 Å². The van der Waals surface area contributed by atoms with Crippen LogP contribution in [0.4, 0.5) is 0 Å². The summed E-state index contributed by atoms with van der Waals surface area (Å²) in [6, 6.07) is 11.4. The number of aromatic nitrogens is 2. The molecule has 0 radical (unpaired) electrons. The second-order valence-electron chi connectivity index (χ2n) is 5.16. The standard InChI is InChI=1S/C17H8Cl2IN3O2/c18-8-1-3-10(13(19)5-8)15(24)12(7-21)16-22-14-4-2-9(20)6-11(14)17(25)23-16/h1-6,12H,(H,22,23,25). The highest BCUT2D eigenvalue weighted by Gasteiger charge is 2.26. The van der Waals surface area contributed by atoms with Gasteiger partial charge in [-0.3, -0.25) is 9.59 Å². The first-order valence-electron chi connectivity index (χ1n) is 6.99. The zero-order chi connectivity index (χ0) is 18.1. The number of nitrogens with one attached hydrogen (secondary N) is 1. The molecular weight excluding hydrogens is 476 g/mol. The Hall–Kier alpha value is -1.95. The fourth-order valence-corrected chi connectivity index (χ4v) is 3.35. The van der Waals surface area contributed by atoms with E-state index in [9.17, 15) is 14.9 Å². The molecule has 0 saturated carbocycles. The summed E-state index contributed by atoms with van der Waals surface area (Å²) in [6.45, 7) is 0. The summed E-state index contributed by atoms with van der Waals surface area (Å²) >= 11 is 14.0. The first kappa shape index (κ1) is 17.9. The zero-order valence-electron chi connectivity index (χ0n) is 12.4. The number of H-pyrrole nitrogens is 1. The Morgan fingerprint density at radius 2 is 2.00 bits per heavy atom. The van der Waals surface area contributed by atoms with E-state index in [2.05, 4.69) is 32.6 Å². The van der Waals surface area contributed by atoms with Crippen LogP contribution in [-0.2, 0) is 0 Å². The van der Waals surface area contributed by atoms with Crippen molar-refractivity contribution in [2.24, 2.45) is 0 Å². The van der Waals surface area contributed by atoms with Gasteiger partial charge in [0, 0.05) is 14.2 Å². The summed E-state index contributed by atoms with van der Waals surface area (Å²) in [7, 11) is 0. The van der Waals surface area contributed by atoms with Gasteiger partial charge in [-0.25, -0.2) is 4.98 Å². The summed E-state index contributed by atoms with van der Waals surface area (Å²) in [4.78, 5) is 31.8. The molecule has 8 heteroatoms. The van der Waals surface area contributed by atoms with Gasteiger partial charge in [-0.1, -0.05) is 23.2 Å². The van der Waals surface area contributed by atoms with Gasteiger partial charge in [0.05, 0.1) is 22.0 Å². The highest BCUT2D eigenvalue weighted by Crippen LogP contribution is 2.26. The maximum absolute atomic E-state index is 12.7. The highest BCUT2D eigenvalue weighted by molar-refractivity contribution is 14.1. The van der Waals surface area contributed by atoms with E-state index in [1.807, 2.05) is 6.07 Å². The third kappa shape index (κ3) is 3.54. The number of nitrogens with zero attached hydrogens (tertiary/aromatic N) is 2. The second-order valence-corrected chi connectivity index (χ2v) is 7.25. The van der Waals surface area contributed by atoms with E-state index < -0.39 is 17.3 Å². The minimum atomic E-state index is -1.28. The molecule has 0 aliphatic rings. The summed E-state index contributed by atoms with van der Waals surface area (Å²) in [5, 5.41) is 10.4. The number of aromatic amines is 1. The largest absolute Gasteiger partial charge is 0.308 e. The highest BCUT2D eigenvalue weighted by atomic mass is 127. The van der Waals surface area contributed by atoms with Gasteiger partial charge >= 0.3 is 0 Å². The lowest BCUT2D eigenvalue weighted by atomic mass is 9.98. The SMILES string of the molecule is N#CC(C(=O)c1ccc(Cl)cc1Cl)c1nc2ccc(I)cc2c(=O)[nH]1. The van der Waals surface area contributed by atoms with Crippen LogP contribution in [0.15, 0.2) is 41.2 Å². The summed E-state index contributed by atoms with van der Waals surface area (Å²) in [5.74, 6) is -1.86. The third-order valence-corrected chi connectivity index (χ3v) is 4.77. The smallest absolute Gasteiger partial charge is 0.258 e. The Kier molecular flexibility index (Phi) is 5.08. The number of ketones is 1. The van der Waals surface area contributed by atoms with Crippen molar-refractivity contribution in [1.82, 2.24) is 9.97 Å². The number of benzene rings is 2. The molecule has 1 unspecified atom stereocenters. The quantitative estimate of drug-likeness (QED) is 0.444. The average Bonchev–Trinajstić information content (AvgIpc) is 2.56. The normalized spacial score (nSPS) is 11.9. The monoisotopic (exact) mass is 483 g/mol. The van der Waals surface area contributed by atoms with Crippen LogP contribution in [0.1, 0.15) is 22.1 Å². The number of nitriles is 1. The van der Waals surface area contributed by atoms with Crippen LogP contribution in [-0.4, -0.2) is 15.8 Å². The number of halogens is 3. The van der Waals surface area contributed by atoms with Crippen molar-refractivity contribution in [1.29, 1.82) is 5.26 Å². The molecular formula is C17H8Cl2IN3O2. The maximum atomic E-state index is 12.7. The minimum Gasteiger partial charge on any atom is -0.308 e. The summed E-state index contributed by atoms with van der Waals surface area (Å²) in [5.41, 5.74) is 0.145. The van der Waals surface area contributed by atoms with Crippen molar-refractivity contribution >= 4 is 62.5 Å². The van der Waals surface area contributed by atoms with Crippen LogP contribution in [0.25, 0.3) is 10.9 Å². The maximum Gasteiger partial charge on any atom is 0.258 e. The molecule has 3 rings (SSSR count). The number of carbonyl (C=O) groups is 1. The van der Waals surface area contributed by atoms with E-state index in [0.717, 1.165) is 3.57 Å². The van der Waals surface area contributed by atoms with Gasteiger partial charge in [0.15, 0.2) is 11.7 Å². The molecule has 0 bridgehead atoms. The molecule has 0 aliphatic heterocycles. The lowest BCUT2D eigenvalue weighted by Gasteiger charge is -2.10. The van der Waals surface area contributed by atoms with Crippen molar-refractivity contribution in [2.75, 3.05) is 0 Å². The predicted molar refractivity (Wildman–Crippen MR) is 104 cm³/mol. The molecule has 3 aromatic rings. The molecule has 0 aliphatic carbocycles. The molecule has 0 saturated heterocycles. The van der Waals surface area contributed by atoms with Crippen LogP contribution < -0.4 is 5.56 Å². The lowest BCUT2D eigenvalue weighted by molar-refractivity contribution is 0.0976. The van der Waals surface area contributed by atoms with Gasteiger partial charge in [0.1, 0.15) is 5.82 Å². The third-order valence-electron chi connectivity index (χ3n) is 3.55. The van der Waals surface area contributed by atoms with Crippen LogP contribution in [0.2, 0.25) is 10.0 Å². The number of hydrogen-bond donors (Lipinski definition) is 1. The number of carbonyl (C=O) groups excluding carboxylic acids is 1. The van der Waals surface area contributed by atoms with E-state index >= 15 is 0 Å². The second kappa shape index (κ2) is 7.12. The van der Waals surface area contributed by atoms with Crippen LogP contribution in [0, 0.1) is 14.9 Å². The molecule has 124 valence electrons. The first-order valence-corrected chi connectivity index (χ1v) is 8.82. The van der Waals surface area contributed by atoms with Crippen molar-refractivity contribution in [3.05, 3.63) is 71.8 Å². The Morgan fingerprint density at radius 3 is 2.68 bits per heavy atom. The van der Waals surface area contributed by atoms with Crippen molar-refractivity contribution in [2.45, 2.75) is 5.92 Å². The molecule has 0 spiro atoms. The molecule has 1 N–H and O–H groups in total. The van der Waals surface area contributed by atoms with Gasteiger partial charge in [-0.05, 0) is 59.0 Å². The van der Waals surface area contributed by atoms with Crippen LogP contribution >= 0.6 is 45.8 Å². The van der Waals surface area contributed by atoms with E-state index in [0.29, 0.717) is 15.9 Å². The molecule has 25 heavy (non-hydrogen) atoms. The van der Waals surface area contributed by atoms with E-state index in [4.69, 9.17) is 23.2 Å². The predicted octanol–water partition coefficient (Wildman–Crippen LogP) is 4.32. The van der Waals surface area contributed by atoms with Crippen molar-refractivity contribution < 1.29 is 4.79 Å². The molecule has 1 aromatic heterocycles. The van der Waals surface area contributed by atoms with Gasteiger partial charge in [0.2, 0.25) is 0 Å². The zero-order valence-corrected chi connectivity index (χ0v) is 16.1. The molecule has 1 heterocycles. The first-order chi connectivity index (χ1) is 11.9. The Bertz CT molecular complexity index is 1110. The molecule has 2 aromatic carbocycles. The van der Waals surface area contributed by atoms with Crippen molar-refractivity contribution in [3.63, 3.8) is 0 Å². The fourth-order valence-electron chi connectivity index (χ4n) is 2.35. The minimum absolute atomic E-state index is 0.0165. The van der Waals surface area contributed by atoms with Crippen molar-refractivity contribution in [3.8, 4) is 6.07 Å². The topological polar surface area (TPSA) is 86.6 Å². The number of rotatable bonds is 3. The van der Waals surface area contributed by atoms with E-state index in [-0.39, 0.29) is 16.4 Å². The lowest BCUT2D eigenvalue weighted by Crippen LogP contribution is -2.20. The van der Waals surface area contributed by atoms with E-state index in [1.54, 1.807) is 18.2 Å². The fraction of sp³-hybridized carbons (Fsp3) is 0.0588. The number of fused-ring (bicyclic) bond motifs is 1. The van der Waals surface area contributed by atoms with Gasteiger partial charge in [-0.15, -0.1) is 0 Å². The average molecular weight is 484 g/mol. The number of Topliss-reactive ketones (excluding diaryl/α,β-unsaturated/α-hetero) is 1. The Balaban J connectivity index is 2.11. The molecule has 1 atom stereocenters. The van der Waals surface area contributed by atoms with Gasteiger partial charge < -0.3 is 4.98 Å². The van der Waals surface area contributed by atoms with Crippen LogP contribution in [0.5, 0.6) is 0 Å². The van der Waals surface area contributed by atoms with Gasteiger partial charge in [0.25, 0.3) is 5.56 Å². The van der Waals surface area contributed by atoms with Gasteiger partial charge in [-0.2, -0.15) is 5.26 Å². The molecule has 0 fully saturated rings. The van der Waals surface area contributed by atoms with E-state index in [1.165, 1.54) is 18.2 Å². The Morgan fingerprint density at radius 1 is 1.24 bits per heavy atom. The Labute approximate surface area is 165 Å². The molecule has 5 nitrogen and oxygen atoms in total. The summed E-state index contributed by atoms with van der Waals surface area (Å²) < 4.78 is 0.881. The number of hydrogen-bond acceptors (Lipinski definition) is 4. The molecule has 0 amide bonds. The summed E-state index contributed by atoms with van der Waals surface area (Å²) in [6.07, 6.45) is 0.